The van der Waals surface area contributed by atoms with E-state index in [4.69, 9.17) is 0 Å². The molecule has 0 atom stereocenters. The van der Waals surface area contributed by atoms with Crippen LogP contribution >= 0.6 is 10.7 Å². The van der Waals surface area contributed by atoms with E-state index in [1.807, 2.05) is 0 Å². The van der Waals surface area contributed by atoms with E-state index in [0.717, 1.165) is 0 Å². The molecule has 1 aromatic rings. The van der Waals surface area contributed by atoms with Crippen LogP contribution in [0.2, 0.25) is 0 Å². The van der Waals surface area contributed by atoms with Gasteiger partial charge in [0.25, 0.3) is 0 Å². The Kier molecular flexibility index (Phi) is 3.29. The Hall–Kier alpha value is -1.09. The number of nitrogens with zero attached hydrogens (tertiary/aromatic N) is 1. The quantitative estimate of drug-likeness (QED) is 0.274. The van der Waals surface area contributed by atoms with Crippen LogP contribution in [0, 0.1) is 23.3 Å². The number of anilines is 1. The predicted molar refractivity (Wildman–Crippen MR) is 44.6 cm³/mol. The summed E-state index contributed by atoms with van der Waals surface area (Å²) in [5.74, 6) is -8.72. The first kappa shape index (κ1) is 13.0. The molecule has 0 aliphatic carbocycles. The molecule has 3 nitrogen and oxygen atoms in total. The zero-order valence-electron chi connectivity index (χ0n) is 7.02. The van der Waals surface area contributed by atoms with Crippen molar-refractivity contribution < 1.29 is 30.5 Å². The highest BCUT2D eigenvalue weighted by molar-refractivity contribution is 8.14. The van der Waals surface area contributed by atoms with Gasteiger partial charge in [0.2, 0.25) is 0 Å². The van der Waals surface area contributed by atoms with Gasteiger partial charge in [0.05, 0.1) is 0 Å². The molecule has 0 bridgehead atoms. The molecule has 0 saturated carbocycles. The fourth-order valence-electron chi connectivity index (χ4n) is 0.806. The third-order valence-electron chi connectivity index (χ3n) is 1.46. The topological polar surface area (TPSA) is 37.4 Å². The zero-order valence-corrected chi connectivity index (χ0v) is 8.59. The predicted octanol–water partition coefficient (Wildman–Crippen LogP) is 2.42. The molecule has 16 heavy (non-hydrogen) atoms. The molecular formula is C6HClF5NO2S. The largest absolute Gasteiger partial charge is 0.348 e. The van der Waals surface area contributed by atoms with Crippen LogP contribution < -0.4 is 4.53 Å². The van der Waals surface area contributed by atoms with Crippen LogP contribution in [0.25, 0.3) is 0 Å². The standard InChI is InChI=1S/C6HClF5NO2S/c7-16(14,15)13(12)3-1-2(8)4(9)6(11)5(3)10/h1H. The van der Waals surface area contributed by atoms with Crippen molar-refractivity contribution in [3.8, 4) is 0 Å². The van der Waals surface area contributed by atoms with Crippen LogP contribution in [-0.4, -0.2) is 8.42 Å². The summed E-state index contributed by atoms with van der Waals surface area (Å²) in [4.78, 5) is 0. The SMILES string of the molecule is O=S(=O)(Cl)N(F)c1cc(F)c(F)c(F)c1F. The van der Waals surface area contributed by atoms with E-state index in [9.17, 15) is 30.5 Å². The van der Waals surface area contributed by atoms with Gasteiger partial charge < -0.3 is 0 Å². The minimum Gasteiger partial charge on any atom is -0.204 e. The first-order valence-corrected chi connectivity index (χ1v) is 5.66. The summed E-state index contributed by atoms with van der Waals surface area (Å²) < 4.78 is 82.6. The Labute approximate surface area is 90.5 Å². The van der Waals surface area contributed by atoms with Crippen LogP contribution in [0.1, 0.15) is 0 Å². The molecule has 0 aliphatic rings. The molecule has 0 aromatic heterocycles. The lowest BCUT2D eigenvalue weighted by molar-refractivity contribution is 0.402. The van der Waals surface area contributed by atoms with E-state index in [0.29, 0.717) is 0 Å². The lowest BCUT2D eigenvalue weighted by atomic mass is 10.3. The maximum absolute atomic E-state index is 12.8. The Balaban J connectivity index is 3.48. The van der Waals surface area contributed by atoms with E-state index in [1.54, 1.807) is 0 Å². The van der Waals surface area contributed by atoms with Crippen molar-refractivity contribution in [1.82, 2.24) is 0 Å². The Bertz CT molecular complexity index is 534. The minimum atomic E-state index is -5.08. The smallest absolute Gasteiger partial charge is 0.204 e. The molecule has 0 unspecified atom stereocenters. The van der Waals surface area contributed by atoms with E-state index in [1.165, 1.54) is 0 Å². The fraction of sp³-hybridized carbons (Fsp3) is 0. The van der Waals surface area contributed by atoms with E-state index < -0.39 is 42.7 Å². The van der Waals surface area contributed by atoms with Crippen LogP contribution in [0.15, 0.2) is 6.07 Å². The van der Waals surface area contributed by atoms with Crippen molar-refractivity contribution in [2.45, 2.75) is 0 Å². The van der Waals surface area contributed by atoms with Gasteiger partial charge in [-0.25, -0.2) is 17.6 Å². The molecule has 0 radical (unpaired) electrons. The average Bonchev–Trinajstić information content (AvgIpc) is 2.18. The second kappa shape index (κ2) is 4.06. The van der Waals surface area contributed by atoms with Crippen molar-refractivity contribution in [3.05, 3.63) is 29.3 Å². The maximum Gasteiger partial charge on any atom is 0.348 e. The van der Waals surface area contributed by atoms with Gasteiger partial charge in [0.15, 0.2) is 23.3 Å². The van der Waals surface area contributed by atoms with Gasteiger partial charge in [-0.1, -0.05) is 9.01 Å². The molecule has 0 heterocycles. The summed E-state index contributed by atoms with van der Waals surface area (Å²) in [5, 5.41) is 0. The van der Waals surface area contributed by atoms with E-state index >= 15 is 0 Å². The monoisotopic (exact) mass is 281 g/mol. The first-order chi connectivity index (χ1) is 7.16. The zero-order chi connectivity index (χ0) is 12.7. The molecule has 0 aliphatic heterocycles. The van der Waals surface area contributed by atoms with Gasteiger partial charge in [-0.05, 0) is 0 Å². The number of benzene rings is 1. The van der Waals surface area contributed by atoms with Gasteiger partial charge >= 0.3 is 9.24 Å². The first-order valence-electron chi connectivity index (χ1n) is 3.40. The highest BCUT2D eigenvalue weighted by Crippen LogP contribution is 2.29. The maximum atomic E-state index is 12.8. The van der Waals surface area contributed by atoms with Crippen molar-refractivity contribution in [1.29, 1.82) is 0 Å². The number of hydrogen-bond acceptors (Lipinski definition) is 2. The third kappa shape index (κ3) is 2.19. The third-order valence-corrected chi connectivity index (χ3v) is 2.41. The second-order valence-electron chi connectivity index (χ2n) is 2.48. The van der Waals surface area contributed by atoms with Crippen LogP contribution in [0.3, 0.4) is 0 Å². The van der Waals surface area contributed by atoms with Gasteiger partial charge in [-0.3, -0.25) is 0 Å². The molecule has 0 saturated heterocycles. The number of rotatable bonds is 2. The van der Waals surface area contributed by atoms with Crippen molar-refractivity contribution in [2.24, 2.45) is 0 Å². The molecule has 90 valence electrons. The molecule has 0 fully saturated rings. The minimum absolute atomic E-state index is 0.187. The Morgan fingerprint density at radius 3 is 2.00 bits per heavy atom. The summed E-state index contributed by atoms with van der Waals surface area (Å²) in [5.41, 5.74) is -1.69. The second-order valence-corrected chi connectivity index (χ2v) is 4.79. The molecular weight excluding hydrogens is 281 g/mol. The van der Waals surface area contributed by atoms with Gasteiger partial charge in [0.1, 0.15) is 5.69 Å². The van der Waals surface area contributed by atoms with Gasteiger partial charge in [0, 0.05) is 16.7 Å². The average molecular weight is 282 g/mol. The van der Waals surface area contributed by atoms with Crippen molar-refractivity contribution >= 4 is 25.6 Å². The molecule has 0 N–H and O–H groups in total. The normalized spacial score (nSPS) is 11.6. The van der Waals surface area contributed by atoms with Crippen molar-refractivity contribution in [3.63, 3.8) is 0 Å². The summed E-state index contributed by atoms with van der Waals surface area (Å²) >= 11 is 0. The van der Waals surface area contributed by atoms with Crippen LogP contribution in [-0.2, 0) is 9.24 Å². The molecule has 0 spiro atoms. The fourth-order valence-corrected chi connectivity index (χ4v) is 1.40. The number of halogens is 6. The summed E-state index contributed by atoms with van der Waals surface area (Å²) in [6.07, 6.45) is 0. The lowest BCUT2D eigenvalue weighted by Crippen LogP contribution is -2.19. The molecule has 0 amide bonds. The van der Waals surface area contributed by atoms with Gasteiger partial charge in [-0.15, -0.1) is 0 Å². The Morgan fingerprint density at radius 1 is 1.06 bits per heavy atom. The summed E-state index contributed by atoms with van der Waals surface area (Å²) in [6.45, 7) is 0. The highest BCUT2D eigenvalue weighted by atomic mass is 35.7. The lowest BCUT2D eigenvalue weighted by Gasteiger charge is -2.10. The van der Waals surface area contributed by atoms with Crippen molar-refractivity contribution in [2.75, 3.05) is 4.53 Å². The molecule has 1 aromatic carbocycles. The Morgan fingerprint density at radius 2 is 1.56 bits per heavy atom. The molecule has 1 rings (SSSR count). The summed E-state index contributed by atoms with van der Waals surface area (Å²) in [6, 6.07) is -0.187. The van der Waals surface area contributed by atoms with Crippen LogP contribution in [0.5, 0.6) is 0 Å². The number of hydrogen-bond donors (Lipinski definition) is 0. The van der Waals surface area contributed by atoms with E-state index in [-0.39, 0.29) is 6.07 Å². The van der Waals surface area contributed by atoms with Gasteiger partial charge in [-0.2, -0.15) is 8.42 Å². The molecule has 10 heteroatoms. The van der Waals surface area contributed by atoms with Crippen LogP contribution in [0.4, 0.5) is 27.7 Å². The highest BCUT2D eigenvalue weighted by Gasteiger charge is 2.28. The van der Waals surface area contributed by atoms with E-state index in [2.05, 4.69) is 10.7 Å². The summed E-state index contributed by atoms with van der Waals surface area (Å²) in [7, 11) is -0.629.